The number of amides is 2. The maximum Gasteiger partial charge on any atom is 0.300 e. The third kappa shape index (κ3) is 4.53. The maximum atomic E-state index is 13.4. The number of aliphatic hydroxyl groups excluding tert-OH is 1. The summed E-state index contributed by atoms with van der Waals surface area (Å²) >= 11 is 0. The summed E-state index contributed by atoms with van der Waals surface area (Å²) in [6, 6.07) is 17.8. The Balaban J connectivity index is 1.93. The minimum absolute atomic E-state index is 0.0666. The van der Waals surface area contributed by atoms with Gasteiger partial charge in [-0.3, -0.25) is 19.3 Å². The molecule has 3 aromatic carbocycles. The smallest absolute Gasteiger partial charge is 0.300 e. The molecule has 1 heterocycles. The van der Waals surface area contributed by atoms with Crippen LogP contribution in [0.4, 0.5) is 11.4 Å². The summed E-state index contributed by atoms with van der Waals surface area (Å²) < 4.78 is 10.8. The predicted octanol–water partition coefficient (Wildman–Crippen LogP) is 4.60. The largest absolute Gasteiger partial charge is 0.507 e. The van der Waals surface area contributed by atoms with Crippen molar-refractivity contribution in [2.45, 2.75) is 19.9 Å². The molecule has 2 amide bonds. The Morgan fingerprint density at radius 1 is 0.972 bits per heavy atom. The Morgan fingerprint density at radius 3 is 2.33 bits per heavy atom. The van der Waals surface area contributed by atoms with Crippen LogP contribution in [0.2, 0.25) is 0 Å². The Morgan fingerprint density at radius 2 is 1.69 bits per heavy atom. The van der Waals surface area contributed by atoms with Crippen molar-refractivity contribution in [3.8, 4) is 11.5 Å². The summed E-state index contributed by atoms with van der Waals surface area (Å²) in [4.78, 5) is 39.5. The van der Waals surface area contributed by atoms with Crippen LogP contribution in [0.25, 0.3) is 5.76 Å². The van der Waals surface area contributed by atoms with Crippen LogP contribution in [0.15, 0.2) is 72.3 Å². The Labute approximate surface area is 208 Å². The SMILES string of the molecule is COc1cccc(C2/C(=C(\O)c3cc(C)ccc3OC)C(=O)C(=O)N2c2ccc(NC(C)=O)cc2)c1. The Hall–Kier alpha value is -4.59. The minimum Gasteiger partial charge on any atom is -0.507 e. The van der Waals surface area contributed by atoms with Crippen molar-refractivity contribution in [2.24, 2.45) is 0 Å². The normalized spacial score (nSPS) is 16.7. The predicted molar refractivity (Wildman–Crippen MR) is 136 cm³/mol. The molecule has 3 aromatic rings. The van der Waals surface area contributed by atoms with Crippen molar-refractivity contribution in [2.75, 3.05) is 24.4 Å². The molecule has 8 heteroatoms. The topological polar surface area (TPSA) is 105 Å². The van der Waals surface area contributed by atoms with Gasteiger partial charge in [-0.2, -0.15) is 0 Å². The van der Waals surface area contributed by atoms with Crippen LogP contribution in [-0.4, -0.2) is 36.9 Å². The van der Waals surface area contributed by atoms with Gasteiger partial charge in [-0.05, 0) is 61.0 Å². The van der Waals surface area contributed by atoms with Crippen molar-refractivity contribution in [3.63, 3.8) is 0 Å². The highest BCUT2D eigenvalue weighted by Gasteiger charge is 2.47. The molecule has 2 N–H and O–H groups in total. The third-order valence-corrected chi connectivity index (χ3v) is 5.93. The van der Waals surface area contributed by atoms with Gasteiger partial charge in [0.25, 0.3) is 11.7 Å². The minimum atomic E-state index is -0.933. The van der Waals surface area contributed by atoms with Gasteiger partial charge in [0, 0.05) is 18.3 Å². The highest BCUT2D eigenvalue weighted by Crippen LogP contribution is 2.44. The van der Waals surface area contributed by atoms with E-state index >= 15 is 0 Å². The van der Waals surface area contributed by atoms with Gasteiger partial charge >= 0.3 is 0 Å². The van der Waals surface area contributed by atoms with Gasteiger partial charge in [-0.1, -0.05) is 23.8 Å². The van der Waals surface area contributed by atoms with Gasteiger partial charge < -0.3 is 19.9 Å². The fourth-order valence-electron chi connectivity index (χ4n) is 4.29. The lowest BCUT2D eigenvalue weighted by atomic mass is 9.94. The van der Waals surface area contributed by atoms with Crippen LogP contribution in [0.1, 0.15) is 29.7 Å². The van der Waals surface area contributed by atoms with E-state index in [1.165, 1.54) is 26.0 Å². The van der Waals surface area contributed by atoms with Crippen LogP contribution in [0.5, 0.6) is 11.5 Å². The maximum absolute atomic E-state index is 13.4. The van der Waals surface area contributed by atoms with E-state index in [9.17, 15) is 19.5 Å². The number of rotatable bonds is 6. The summed E-state index contributed by atoms with van der Waals surface area (Å²) in [5.74, 6) is -1.27. The molecule has 1 unspecified atom stereocenters. The molecule has 0 radical (unpaired) electrons. The molecule has 0 spiro atoms. The monoisotopic (exact) mass is 486 g/mol. The van der Waals surface area contributed by atoms with Crippen LogP contribution in [0, 0.1) is 6.92 Å². The van der Waals surface area contributed by atoms with E-state index in [-0.39, 0.29) is 17.2 Å². The molecule has 4 rings (SSSR count). The molecule has 1 fully saturated rings. The van der Waals surface area contributed by atoms with E-state index in [0.29, 0.717) is 34.0 Å². The number of anilines is 2. The third-order valence-electron chi connectivity index (χ3n) is 5.93. The second-order valence-corrected chi connectivity index (χ2v) is 8.38. The molecule has 1 aliphatic rings. The number of carbonyl (C=O) groups is 3. The molecule has 1 atom stereocenters. The summed E-state index contributed by atoms with van der Waals surface area (Å²) in [6.07, 6.45) is 0. The standard InChI is InChI=1S/C28H26N2O6/c1-16-8-13-23(36-4)22(14-16)26(32)24-25(18-6-5-7-21(15-18)35-3)30(28(34)27(24)33)20-11-9-19(10-12-20)29-17(2)31/h5-15,25,32H,1-4H3,(H,29,31)/b26-24+. The van der Waals surface area contributed by atoms with E-state index in [1.807, 2.05) is 13.0 Å². The summed E-state index contributed by atoms with van der Waals surface area (Å²) in [5, 5.41) is 14.1. The van der Waals surface area contributed by atoms with Gasteiger partial charge in [0.1, 0.15) is 17.3 Å². The van der Waals surface area contributed by atoms with Crippen molar-refractivity contribution < 1.29 is 29.0 Å². The lowest BCUT2D eigenvalue weighted by Crippen LogP contribution is -2.29. The second kappa shape index (κ2) is 9.95. The molecule has 8 nitrogen and oxygen atoms in total. The number of aliphatic hydroxyl groups is 1. The van der Waals surface area contributed by atoms with Crippen molar-refractivity contribution >= 4 is 34.7 Å². The zero-order valence-electron chi connectivity index (χ0n) is 20.4. The summed E-state index contributed by atoms with van der Waals surface area (Å²) in [6.45, 7) is 3.25. The first-order valence-corrected chi connectivity index (χ1v) is 11.2. The highest BCUT2D eigenvalue weighted by atomic mass is 16.5. The van der Waals surface area contributed by atoms with Gasteiger partial charge in [-0.25, -0.2) is 0 Å². The quantitative estimate of drug-likeness (QED) is 0.300. The first-order valence-electron chi connectivity index (χ1n) is 11.2. The molecule has 1 saturated heterocycles. The number of aryl methyl sites for hydroxylation is 1. The van der Waals surface area contributed by atoms with Gasteiger partial charge in [0.15, 0.2) is 0 Å². The molecular formula is C28H26N2O6. The van der Waals surface area contributed by atoms with E-state index < -0.39 is 17.7 Å². The number of ketones is 1. The molecule has 1 aliphatic heterocycles. The number of ether oxygens (including phenoxy) is 2. The van der Waals surface area contributed by atoms with Crippen LogP contribution in [-0.2, 0) is 14.4 Å². The molecule has 0 saturated carbocycles. The number of nitrogens with zero attached hydrogens (tertiary/aromatic N) is 1. The Bertz CT molecular complexity index is 1380. The first kappa shape index (κ1) is 24.5. The fraction of sp³-hybridized carbons (Fsp3) is 0.179. The van der Waals surface area contributed by atoms with E-state index in [4.69, 9.17) is 9.47 Å². The molecule has 184 valence electrons. The lowest BCUT2D eigenvalue weighted by molar-refractivity contribution is -0.132. The van der Waals surface area contributed by atoms with Gasteiger partial charge in [0.05, 0.1) is 31.4 Å². The van der Waals surface area contributed by atoms with E-state index in [2.05, 4.69) is 5.32 Å². The van der Waals surface area contributed by atoms with Crippen molar-refractivity contribution in [1.82, 2.24) is 0 Å². The van der Waals surface area contributed by atoms with Crippen molar-refractivity contribution in [1.29, 1.82) is 0 Å². The number of methoxy groups -OCH3 is 2. The zero-order chi connectivity index (χ0) is 26.0. The van der Waals surface area contributed by atoms with Crippen LogP contribution in [0.3, 0.4) is 0 Å². The zero-order valence-corrected chi connectivity index (χ0v) is 20.4. The van der Waals surface area contributed by atoms with Gasteiger partial charge in [0.2, 0.25) is 5.91 Å². The molecule has 36 heavy (non-hydrogen) atoms. The van der Waals surface area contributed by atoms with Crippen LogP contribution < -0.4 is 19.7 Å². The highest BCUT2D eigenvalue weighted by molar-refractivity contribution is 6.51. The number of benzene rings is 3. The average molecular weight is 487 g/mol. The van der Waals surface area contributed by atoms with Gasteiger partial charge in [-0.15, -0.1) is 0 Å². The molecular weight excluding hydrogens is 460 g/mol. The second-order valence-electron chi connectivity index (χ2n) is 8.38. The molecule has 0 aliphatic carbocycles. The van der Waals surface area contributed by atoms with E-state index in [1.54, 1.807) is 60.7 Å². The summed E-state index contributed by atoms with van der Waals surface area (Å²) in [5.41, 5.74) is 2.64. The number of nitrogens with one attached hydrogen (secondary N) is 1. The van der Waals surface area contributed by atoms with Crippen molar-refractivity contribution in [3.05, 3.63) is 89.0 Å². The number of Topliss-reactive ketones (excluding diaryl/α,β-unsaturated/α-hetero) is 1. The average Bonchev–Trinajstić information content (AvgIpc) is 3.14. The summed E-state index contributed by atoms with van der Waals surface area (Å²) in [7, 11) is 2.99. The van der Waals surface area contributed by atoms with Crippen LogP contribution >= 0.6 is 0 Å². The molecule has 0 bridgehead atoms. The lowest BCUT2D eigenvalue weighted by Gasteiger charge is -2.26. The molecule has 0 aromatic heterocycles. The number of hydrogen-bond donors (Lipinski definition) is 2. The number of carbonyl (C=O) groups excluding carboxylic acids is 3. The fourth-order valence-corrected chi connectivity index (χ4v) is 4.29. The Kier molecular flexibility index (Phi) is 6.78. The van der Waals surface area contributed by atoms with E-state index in [0.717, 1.165) is 5.56 Å². The number of hydrogen-bond acceptors (Lipinski definition) is 6. The first-order chi connectivity index (χ1) is 17.2.